The third-order valence-electron chi connectivity index (χ3n) is 3.22. The molecule has 0 radical (unpaired) electrons. The summed E-state index contributed by atoms with van der Waals surface area (Å²) >= 11 is 0. The molecule has 0 aromatic carbocycles. The van der Waals surface area contributed by atoms with Gasteiger partial charge in [-0.15, -0.1) is 0 Å². The molecule has 0 saturated carbocycles. The Bertz CT molecular complexity index is 642. The Kier molecular flexibility index (Phi) is 4.84. The van der Waals surface area contributed by atoms with Gasteiger partial charge in [0.1, 0.15) is 0 Å². The molecule has 0 fully saturated rings. The Morgan fingerprint density at radius 2 is 2.19 bits per heavy atom. The molecule has 0 atom stereocenters. The summed E-state index contributed by atoms with van der Waals surface area (Å²) in [5.41, 5.74) is 6.27. The predicted octanol–water partition coefficient (Wildman–Crippen LogP) is 1.56. The normalized spacial score (nSPS) is 10.2. The molecular weight excluding hydrogens is 266 g/mol. The molecule has 0 spiro atoms. The summed E-state index contributed by atoms with van der Waals surface area (Å²) in [6, 6.07) is 5.63. The summed E-state index contributed by atoms with van der Waals surface area (Å²) in [4.78, 5) is 20.7. The lowest BCUT2D eigenvalue weighted by atomic mass is 10.1. The highest BCUT2D eigenvalue weighted by Gasteiger charge is 2.12. The number of nitrogens with zero attached hydrogens (tertiary/aromatic N) is 2. The number of nitrogens with one attached hydrogen (secondary N) is 2. The van der Waals surface area contributed by atoms with Gasteiger partial charge in [-0.2, -0.15) is 0 Å². The van der Waals surface area contributed by atoms with Crippen molar-refractivity contribution in [1.82, 2.24) is 15.3 Å². The van der Waals surface area contributed by atoms with Crippen molar-refractivity contribution in [2.75, 3.05) is 5.43 Å². The van der Waals surface area contributed by atoms with Crippen molar-refractivity contribution in [3.8, 4) is 0 Å². The number of nitrogen functional groups attached to an aromatic ring is 1. The van der Waals surface area contributed by atoms with Gasteiger partial charge < -0.3 is 10.7 Å². The lowest BCUT2D eigenvalue weighted by molar-refractivity contribution is 0.0950. The fourth-order valence-corrected chi connectivity index (χ4v) is 2.07. The van der Waals surface area contributed by atoms with Crippen LogP contribution in [0.5, 0.6) is 0 Å². The number of hydrogen-bond acceptors (Lipinski definition) is 5. The molecule has 0 aliphatic heterocycles. The zero-order chi connectivity index (χ0) is 15.2. The average molecular weight is 285 g/mol. The highest BCUT2D eigenvalue weighted by atomic mass is 16.1. The van der Waals surface area contributed by atoms with E-state index in [1.54, 1.807) is 12.3 Å². The monoisotopic (exact) mass is 285 g/mol. The van der Waals surface area contributed by atoms with Crippen LogP contribution in [-0.2, 0) is 13.0 Å². The Hall–Kier alpha value is -2.47. The lowest BCUT2D eigenvalue weighted by Crippen LogP contribution is -2.26. The minimum atomic E-state index is -0.233. The van der Waals surface area contributed by atoms with E-state index in [1.165, 1.54) is 6.20 Å². The van der Waals surface area contributed by atoms with E-state index in [1.807, 2.05) is 19.1 Å². The Morgan fingerprint density at radius 3 is 2.90 bits per heavy atom. The predicted molar refractivity (Wildman–Crippen MR) is 81.6 cm³/mol. The van der Waals surface area contributed by atoms with Crippen LogP contribution in [0.25, 0.3) is 0 Å². The van der Waals surface area contributed by atoms with Gasteiger partial charge in [-0.3, -0.25) is 20.6 Å². The number of carbonyl (C=O) groups excluding carboxylic acids is 1. The second-order valence-electron chi connectivity index (χ2n) is 4.66. The van der Waals surface area contributed by atoms with Gasteiger partial charge in [-0.05, 0) is 31.0 Å². The first-order valence-electron chi connectivity index (χ1n) is 6.80. The molecule has 0 aliphatic rings. The van der Waals surface area contributed by atoms with Gasteiger partial charge in [0.25, 0.3) is 5.91 Å². The number of aromatic nitrogens is 2. The third-order valence-corrected chi connectivity index (χ3v) is 3.22. The number of hydrogen-bond donors (Lipinski definition) is 3. The number of amides is 1. The molecule has 110 valence electrons. The Labute approximate surface area is 123 Å². The number of pyridine rings is 2. The van der Waals surface area contributed by atoms with Gasteiger partial charge in [-0.25, -0.2) is 0 Å². The van der Waals surface area contributed by atoms with Crippen molar-refractivity contribution >= 4 is 11.6 Å². The van der Waals surface area contributed by atoms with E-state index in [2.05, 4.69) is 27.6 Å². The molecule has 0 unspecified atom stereocenters. The first kappa shape index (κ1) is 14.9. The lowest BCUT2D eigenvalue weighted by Gasteiger charge is -2.11. The molecule has 6 heteroatoms. The third kappa shape index (κ3) is 3.55. The summed E-state index contributed by atoms with van der Waals surface area (Å²) < 4.78 is 0. The van der Waals surface area contributed by atoms with Crippen molar-refractivity contribution in [3.05, 3.63) is 53.1 Å². The minimum Gasteiger partial charge on any atom is -0.346 e. The van der Waals surface area contributed by atoms with Gasteiger partial charge in [-0.1, -0.05) is 13.0 Å². The van der Waals surface area contributed by atoms with E-state index in [4.69, 9.17) is 5.84 Å². The SMILES string of the molecule is CCc1cccnc1CNC(=O)c1cnc(C)cc1NN. The number of carbonyl (C=O) groups is 1. The fourth-order valence-electron chi connectivity index (χ4n) is 2.07. The number of rotatable bonds is 5. The molecule has 6 nitrogen and oxygen atoms in total. The quantitative estimate of drug-likeness (QED) is 0.572. The van der Waals surface area contributed by atoms with Gasteiger partial charge >= 0.3 is 0 Å². The molecule has 2 rings (SSSR count). The number of hydrazine groups is 1. The molecule has 0 saturated heterocycles. The molecule has 2 aromatic heterocycles. The zero-order valence-corrected chi connectivity index (χ0v) is 12.2. The van der Waals surface area contributed by atoms with Crippen molar-refractivity contribution in [3.63, 3.8) is 0 Å². The van der Waals surface area contributed by atoms with Crippen LogP contribution in [0.2, 0.25) is 0 Å². The molecule has 0 aliphatic carbocycles. The minimum absolute atomic E-state index is 0.233. The van der Waals surface area contributed by atoms with E-state index in [0.717, 1.165) is 23.4 Å². The van der Waals surface area contributed by atoms with Crippen molar-refractivity contribution in [2.24, 2.45) is 5.84 Å². The van der Waals surface area contributed by atoms with E-state index in [9.17, 15) is 4.79 Å². The van der Waals surface area contributed by atoms with Crippen LogP contribution < -0.4 is 16.6 Å². The van der Waals surface area contributed by atoms with Gasteiger partial charge in [0.05, 0.1) is 23.5 Å². The molecular formula is C15H19N5O. The maximum atomic E-state index is 12.2. The van der Waals surface area contributed by atoms with E-state index < -0.39 is 0 Å². The molecule has 2 heterocycles. The van der Waals surface area contributed by atoms with Crippen LogP contribution in [0.3, 0.4) is 0 Å². The summed E-state index contributed by atoms with van der Waals surface area (Å²) in [6.45, 7) is 4.27. The second-order valence-corrected chi connectivity index (χ2v) is 4.66. The van der Waals surface area contributed by atoms with E-state index in [-0.39, 0.29) is 5.91 Å². The maximum absolute atomic E-state index is 12.2. The highest BCUT2D eigenvalue weighted by molar-refractivity contribution is 5.99. The molecule has 21 heavy (non-hydrogen) atoms. The average Bonchev–Trinajstić information content (AvgIpc) is 2.52. The van der Waals surface area contributed by atoms with Gasteiger partial charge in [0.2, 0.25) is 0 Å². The van der Waals surface area contributed by atoms with E-state index in [0.29, 0.717) is 17.8 Å². The van der Waals surface area contributed by atoms with Crippen LogP contribution in [0.15, 0.2) is 30.6 Å². The van der Waals surface area contributed by atoms with Gasteiger partial charge in [0.15, 0.2) is 0 Å². The largest absolute Gasteiger partial charge is 0.346 e. The van der Waals surface area contributed by atoms with Crippen molar-refractivity contribution in [1.29, 1.82) is 0 Å². The van der Waals surface area contributed by atoms with Crippen LogP contribution >= 0.6 is 0 Å². The number of anilines is 1. The van der Waals surface area contributed by atoms with Crippen LogP contribution in [-0.4, -0.2) is 15.9 Å². The highest BCUT2D eigenvalue weighted by Crippen LogP contribution is 2.14. The first-order chi connectivity index (χ1) is 10.2. The summed E-state index contributed by atoms with van der Waals surface area (Å²) in [6.07, 6.45) is 4.11. The Morgan fingerprint density at radius 1 is 1.38 bits per heavy atom. The van der Waals surface area contributed by atoms with Crippen molar-refractivity contribution < 1.29 is 4.79 Å². The summed E-state index contributed by atoms with van der Waals surface area (Å²) in [5.74, 6) is 5.21. The first-order valence-corrected chi connectivity index (χ1v) is 6.80. The standard InChI is InChI=1S/C15H19N5O/c1-3-11-5-4-6-17-14(11)9-19-15(21)12-8-18-10(2)7-13(12)20-16/h4-8H,3,9,16H2,1-2H3,(H,18,20)(H,19,21). The van der Waals surface area contributed by atoms with E-state index >= 15 is 0 Å². The second kappa shape index (κ2) is 6.81. The Balaban J connectivity index is 2.12. The fraction of sp³-hybridized carbons (Fsp3) is 0.267. The molecule has 0 bridgehead atoms. The summed E-state index contributed by atoms with van der Waals surface area (Å²) in [5, 5.41) is 2.85. The molecule has 1 amide bonds. The van der Waals surface area contributed by atoms with Crippen LogP contribution in [0.4, 0.5) is 5.69 Å². The van der Waals surface area contributed by atoms with Crippen LogP contribution in [0.1, 0.15) is 34.2 Å². The maximum Gasteiger partial charge on any atom is 0.255 e. The summed E-state index contributed by atoms with van der Waals surface area (Å²) in [7, 11) is 0. The zero-order valence-electron chi connectivity index (χ0n) is 12.2. The smallest absolute Gasteiger partial charge is 0.255 e. The molecule has 2 aromatic rings. The molecule has 4 N–H and O–H groups in total. The number of nitrogens with two attached hydrogens (primary N) is 1. The topological polar surface area (TPSA) is 92.9 Å². The van der Waals surface area contributed by atoms with Crippen molar-refractivity contribution in [2.45, 2.75) is 26.8 Å². The van der Waals surface area contributed by atoms with Crippen LogP contribution in [0, 0.1) is 6.92 Å². The number of aryl methyl sites for hydroxylation is 2. The van der Waals surface area contributed by atoms with Gasteiger partial charge in [0, 0.05) is 18.1 Å².